The van der Waals surface area contributed by atoms with Gasteiger partial charge >= 0.3 is 0 Å². The molecule has 0 N–H and O–H groups in total. The van der Waals surface area contributed by atoms with Crippen LogP contribution in [0.4, 0.5) is 0 Å². The maximum absolute atomic E-state index is 6.70. The Morgan fingerprint density at radius 2 is 1.00 bits per heavy atom. The highest BCUT2D eigenvalue weighted by Gasteiger charge is 2.24. The van der Waals surface area contributed by atoms with Crippen molar-refractivity contribution in [2.75, 3.05) is 0 Å². The SMILES string of the molecule is C1=c2oc3cc(-c4nc(-c5ccccc5)nc(-c5cccc(-c6ccc7ccccc7c6)c5)n4)cc(-c4ccc5c6c(cccc46)-c4ccccc4-5)c3c2=CCC1. The van der Waals surface area contributed by atoms with Gasteiger partial charge in [-0.05, 0) is 109 Å². The van der Waals surface area contributed by atoms with E-state index in [9.17, 15) is 0 Å². The third kappa shape index (κ3) is 5.11. The van der Waals surface area contributed by atoms with Crippen molar-refractivity contribution in [2.45, 2.75) is 12.8 Å². The summed E-state index contributed by atoms with van der Waals surface area (Å²) in [6.45, 7) is 0. The van der Waals surface area contributed by atoms with Gasteiger partial charge in [0, 0.05) is 27.3 Å². The number of aromatic nitrogens is 3. The molecule has 0 amide bonds. The second-order valence-electron chi connectivity index (χ2n) is 15.0. The van der Waals surface area contributed by atoms with Gasteiger partial charge in [-0.1, -0.05) is 146 Å². The Kier molecular flexibility index (Phi) is 7.02. The van der Waals surface area contributed by atoms with Crippen LogP contribution in [0.3, 0.4) is 0 Å². The summed E-state index contributed by atoms with van der Waals surface area (Å²) in [4.78, 5) is 15.6. The normalized spacial score (nSPS) is 12.7. The Balaban J connectivity index is 1.08. The van der Waals surface area contributed by atoms with Crippen LogP contribution in [0.5, 0.6) is 0 Å². The second kappa shape index (κ2) is 12.6. The van der Waals surface area contributed by atoms with Crippen LogP contribution < -0.4 is 10.6 Å². The molecule has 57 heavy (non-hydrogen) atoms. The van der Waals surface area contributed by atoms with Crippen LogP contribution in [0, 0.1) is 0 Å². The number of furan rings is 1. The highest BCUT2D eigenvalue weighted by molar-refractivity contribution is 6.20. The van der Waals surface area contributed by atoms with E-state index in [-0.39, 0.29) is 0 Å². The van der Waals surface area contributed by atoms with Crippen molar-refractivity contribution in [3.63, 3.8) is 0 Å². The number of rotatable bonds is 5. The van der Waals surface area contributed by atoms with Gasteiger partial charge in [0.2, 0.25) is 0 Å². The highest BCUT2D eigenvalue weighted by atomic mass is 16.3. The number of nitrogens with zero attached hydrogens (tertiary/aromatic N) is 3. The van der Waals surface area contributed by atoms with Crippen LogP contribution in [0.1, 0.15) is 12.8 Å². The molecule has 8 aromatic carbocycles. The fourth-order valence-electron chi connectivity index (χ4n) is 9.01. The molecule has 0 bridgehead atoms. The Morgan fingerprint density at radius 3 is 1.86 bits per heavy atom. The first kappa shape index (κ1) is 31.9. The highest BCUT2D eigenvalue weighted by Crippen LogP contribution is 2.50. The van der Waals surface area contributed by atoms with E-state index >= 15 is 0 Å². The quantitative estimate of drug-likeness (QED) is 0.177. The first-order chi connectivity index (χ1) is 28.2. The molecule has 0 radical (unpaired) electrons. The number of fused-ring (bicyclic) bond motifs is 7. The lowest BCUT2D eigenvalue weighted by molar-refractivity contribution is 0.572. The molecule has 0 aliphatic heterocycles. The molecular weight excluding hydrogens is 695 g/mol. The lowest BCUT2D eigenvalue weighted by Gasteiger charge is -2.13. The molecule has 10 aromatic rings. The fourth-order valence-corrected chi connectivity index (χ4v) is 9.01. The molecule has 12 rings (SSSR count). The van der Waals surface area contributed by atoms with Gasteiger partial charge in [0.15, 0.2) is 17.5 Å². The zero-order valence-electron chi connectivity index (χ0n) is 30.9. The van der Waals surface area contributed by atoms with E-state index in [4.69, 9.17) is 19.4 Å². The van der Waals surface area contributed by atoms with Gasteiger partial charge in [0.25, 0.3) is 0 Å². The van der Waals surface area contributed by atoms with E-state index in [1.807, 2.05) is 18.2 Å². The van der Waals surface area contributed by atoms with Crippen molar-refractivity contribution in [3.8, 4) is 78.7 Å². The smallest absolute Gasteiger partial charge is 0.164 e. The zero-order valence-corrected chi connectivity index (χ0v) is 30.9. The Hall–Kier alpha value is -7.43. The van der Waals surface area contributed by atoms with Gasteiger partial charge in [-0.2, -0.15) is 0 Å². The van der Waals surface area contributed by atoms with E-state index < -0.39 is 0 Å². The van der Waals surface area contributed by atoms with Crippen molar-refractivity contribution in [1.82, 2.24) is 15.0 Å². The summed E-state index contributed by atoms with van der Waals surface area (Å²) in [6, 6.07) is 58.2. The molecule has 4 nitrogen and oxygen atoms in total. The molecule has 4 heteroatoms. The van der Waals surface area contributed by atoms with Crippen LogP contribution in [0.15, 0.2) is 168 Å². The van der Waals surface area contributed by atoms with E-state index in [1.165, 1.54) is 49.4 Å². The molecule has 2 aliphatic carbocycles. The van der Waals surface area contributed by atoms with Crippen LogP contribution >= 0.6 is 0 Å². The van der Waals surface area contributed by atoms with Crippen LogP contribution in [0.2, 0.25) is 0 Å². The lowest BCUT2D eigenvalue weighted by atomic mass is 9.91. The summed E-state index contributed by atoms with van der Waals surface area (Å²) in [5.41, 5.74) is 14.1. The Morgan fingerprint density at radius 1 is 0.368 bits per heavy atom. The van der Waals surface area contributed by atoms with E-state index in [0.717, 1.165) is 67.8 Å². The molecular formula is C53H33N3O. The third-order valence-electron chi connectivity index (χ3n) is 11.7. The third-order valence-corrected chi connectivity index (χ3v) is 11.7. The lowest BCUT2D eigenvalue weighted by Crippen LogP contribution is -2.22. The van der Waals surface area contributed by atoms with Crippen molar-refractivity contribution in [3.05, 3.63) is 174 Å². The van der Waals surface area contributed by atoms with Gasteiger partial charge in [0.1, 0.15) is 11.0 Å². The summed E-state index contributed by atoms with van der Waals surface area (Å²) in [5.74, 6) is 1.84. The Bertz CT molecular complexity index is 3390. The van der Waals surface area contributed by atoms with Crippen LogP contribution in [-0.2, 0) is 0 Å². The van der Waals surface area contributed by atoms with Gasteiger partial charge < -0.3 is 4.42 Å². The Labute approximate surface area is 328 Å². The molecule has 2 aromatic heterocycles. The summed E-state index contributed by atoms with van der Waals surface area (Å²) >= 11 is 0. The first-order valence-electron chi connectivity index (χ1n) is 19.6. The summed E-state index contributed by atoms with van der Waals surface area (Å²) in [7, 11) is 0. The average molecular weight is 728 g/mol. The molecule has 0 atom stereocenters. The van der Waals surface area contributed by atoms with Crippen molar-refractivity contribution in [1.29, 1.82) is 0 Å². The van der Waals surface area contributed by atoms with Gasteiger partial charge in [0.05, 0.1) is 0 Å². The standard InChI is InChI=1S/C53H33N3O/c1-2-13-33(14-3-1)51-54-52(37-17-10-16-35(29-37)36-25-24-32-12-4-5-15-34(32)28-36)56-53(55-51)38-30-46(50-45-20-8-9-23-47(45)57-48(50)31-38)41-26-27-44-40-19-7-6-18-39(40)42-21-11-22-43(41)49(42)44/h1-7,10-31H,8-9H2. The van der Waals surface area contributed by atoms with Crippen molar-refractivity contribution in [2.24, 2.45) is 0 Å². The minimum atomic E-state index is 0.596. The fraction of sp³-hybridized carbons (Fsp3) is 0.0377. The van der Waals surface area contributed by atoms with Gasteiger partial charge in [-0.15, -0.1) is 0 Å². The minimum absolute atomic E-state index is 0.596. The monoisotopic (exact) mass is 727 g/mol. The summed E-state index contributed by atoms with van der Waals surface area (Å²) in [6.07, 6.45) is 6.50. The van der Waals surface area contributed by atoms with E-state index in [0.29, 0.717) is 17.5 Å². The topological polar surface area (TPSA) is 51.8 Å². The summed E-state index contributed by atoms with van der Waals surface area (Å²) < 4.78 is 6.70. The molecule has 0 saturated carbocycles. The maximum Gasteiger partial charge on any atom is 0.164 e. The molecule has 0 spiro atoms. The largest absolute Gasteiger partial charge is 0.456 e. The number of hydrogen-bond acceptors (Lipinski definition) is 4. The van der Waals surface area contributed by atoms with E-state index in [2.05, 4.69) is 158 Å². The molecule has 266 valence electrons. The van der Waals surface area contributed by atoms with Gasteiger partial charge in [-0.3, -0.25) is 0 Å². The number of benzene rings is 8. The predicted octanol–water partition coefficient (Wildman–Crippen LogP) is 12.3. The predicted molar refractivity (Wildman–Crippen MR) is 234 cm³/mol. The second-order valence-corrected chi connectivity index (χ2v) is 15.0. The van der Waals surface area contributed by atoms with E-state index in [1.54, 1.807) is 0 Å². The van der Waals surface area contributed by atoms with Crippen molar-refractivity contribution >= 4 is 44.7 Å². The minimum Gasteiger partial charge on any atom is -0.456 e. The molecule has 0 saturated heterocycles. The van der Waals surface area contributed by atoms with Crippen molar-refractivity contribution < 1.29 is 4.42 Å². The van der Waals surface area contributed by atoms with Crippen LogP contribution in [0.25, 0.3) is 123 Å². The maximum atomic E-state index is 6.70. The van der Waals surface area contributed by atoms with Crippen LogP contribution in [-0.4, -0.2) is 15.0 Å². The zero-order chi connectivity index (χ0) is 37.5. The molecule has 2 aliphatic rings. The average Bonchev–Trinajstić information content (AvgIpc) is 3.83. The first-order valence-corrected chi connectivity index (χ1v) is 19.6. The summed E-state index contributed by atoms with van der Waals surface area (Å²) in [5, 5.41) is 7.24. The van der Waals surface area contributed by atoms with Gasteiger partial charge in [-0.25, -0.2) is 15.0 Å². The number of hydrogen-bond donors (Lipinski definition) is 0. The molecule has 2 heterocycles. The molecule has 0 fully saturated rings. The molecule has 0 unspecified atom stereocenters.